The van der Waals surface area contributed by atoms with Crippen molar-refractivity contribution in [1.29, 1.82) is 0 Å². The van der Waals surface area contributed by atoms with Crippen molar-refractivity contribution < 1.29 is 18.5 Å². The van der Waals surface area contributed by atoms with Gasteiger partial charge in [0.15, 0.2) is 0 Å². The summed E-state index contributed by atoms with van der Waals surface area (Å²) in [4.78, 5) is 28.7. The number of hydrogen-bond acceptors (Lipinski definition) is 5. The molecule has 0 aliphatic rings. The van der Waals surface area contributed by atoms with Crippen molar-refractivity contribution in [3.8, 4) is 22.4 Å². The molecule has 4 rings (SSSR count). The summed E-state index contributed by atoms with van der Waals surface area (Å²) < 4.78 is 18.6. The summed E-state index contributed by atoms with van der Waals surface area (Å²) in [5, 5.41) is 6.72. The van der Waals surface area contributed by atoms with Gasteiger partial charge in [-0.25, -0.2) is 4.39 Å². The second-order valence-electron chi connectivity index (χ2n) is 6.35. The molecule has 0 atom stereocenters. The number of halogens is 1. The molecular weight excluding hydrogens is 387 g/mol. The summed E-state index contributed by atoms with van der Waals surface area (Å²) in [5.74, 6) is -1.60. The van der Waals surface area contributed by atoms with Gasteiger partial charge < -0.3 is 10.3 Å². The van der Waals surface area contributed by atoms with Crippen molar-refractivity contribution in [3.05, 3.63) is 90.0 Å². The zero-order valence-corrected chi connectivity index (χ0v) is 15.5. The van der Waals surface area contributed by atoms with Gasteiger partial charge in [-0.05, 0) is 42.5 Å². The number of nitrogens with one attached hydrogen (secondary N) is 1. The summed E-state index contributed by atoms with van der Waals surface area (Å²) in [5.41, 5.74) is 7.84. The van der Waals surface area contributed by atoms with Gasteiger partial charge in [0.25, 0.3) is 5.91 Å². The third kappa shape index (κ3) is 3.66. The predicted molar refractivity (Wildman–Crippen MR) is 108 cm³/mol. The number of amides is 2. The lowest BCUT2D eigenvalue weighted by Crippen LogP contribution is -2.14. The van der Waals surface area contributed by atoms with E-state index in [0.29, 0.717) is 22.4 Å². The number of nitrogens with zero attached hydrogens (tertiary/aromatic N) is 2. The number of aromatic nitrogens is 2. The Morgan fingerprint density at radius 3 is 2.47 bits per heavy atom. The minimum Gasteiger partial charge on any atom is -0.366 e. The average Bonchev–Trinajstić information content (AvgIpc) is 3.18. The zero-order chi connectivity index (χ0) is 21.1. The van der Waals surface area contributed by atoms with Gasteiger partial charge in [0, 0.05) is 34.6 Å². The molecule has 0 unspecified atom stereocenters. The van der Waals surface area contributed by atoms with E-state index >= 15 is 0 Å². The van der Waals surface area contributed by atoms with Crippen LogP contribution >= 0.6 is 0 Å². The summed E-state index contributed by atoms with van der Waals surface area (Å²) in [6.07, 6.45) is 3.19. The van der Waals surface area contributed by atoms with Crippen LogP contribution in [0.15, 0.2) is 77.6 Å². The van der Waals surface area contributed by atoms with E-state index in [1.165, 1.54) is 24.3 Å². The number of carbonyl (C=O) groups excluding carboxylic acids is 2. The van der Waals surface area contributed by atoms with E-state index in [1.54, 1.807) is 48.8 Å². The smallest absolute Gasteiger partial charge is 0.258 e. The van der Waals surface area contributed by atoms with Crippen LogP contribution < -0.4 is 11.1 Å². The summed E-state index contributed by atoms with van der Waals surface area (Å²) in [6, 6.07) is 15.2. The SMILES string of the molecule is NC(=O)c1ccccc1-c1c(-c2cccnc2)noc1NC(=O)c1ccc(F)cc1. The lowest BCUT2D eigenvalue weighted by atomic mass is 9.96. The molecule has 148 valence electrons. The second-order valence-corrected chi connectivity index (χ2v) is 6.35. The molecule has 0 aliphatic carbocycles. The van der Waals surface area contributed by atoms with Gasteiger partial charge in [0.2, 0.25) is 11.8 Å². The Bertz CT molecular complexity index is 1220. The maximum atomic E-state index is 13.2. The average molecular weight is 402 g/mol. The van der Waals surface area contributed by atoms with Gasteiger partial charge in [-0.3, -0.25) is 19.9 Å². The number of benzene rings is 2. The fourth-order valence-corrected chi connectivity index (χ4v) is 3.02. The van der Waals surface area contributed by atoms with Crippen LogP contribution in [0.4, 0.5) is 10.3 Å². The topological polar surface area (TPSA) is 111 Å². The molecule has 0 saturated carbocycles. The normalized spacial score (nSPS) is 10.6. The van der Waals surface area contributed by atoms with Gasteiger partial charge in [-0.15, -0.1) is 0 Å². The van der Waals surface area contributed by atoms with Crippen molar-refractivity contribution in [3.63, 3.8) is 0 Å². The molecule has 30 heavy (non-hydrogen) atoms. The van der Waals surface area contributed by atoms with Crippen molar-refractivity contribution >= 4 is 17.7 Å². The molecule has 0 aliphatic heterocycles. The molecule has 2 aromatic carbocycles. The molecule has 0 radical (unpaired) electrons. The minimum atomic E-state index is -0.639. The zero-order valence-electron chi connectivity index (χ0n) is 15.5. The van der Waals surface area contributed by atoms with Crippen molar-refractivity contribution in [2.24, 2.45) is 5.73 Å². The molecule has 8 heteroatoms. The third-order valence-electron chi connectivity index (χ3n) is 4.42. The van der Waals surface area contributed by atoms with Gasteiger partial charge in [0.05, 0.1) is 5.56 Å². The van der Waals surface area contributed by atoms with Crippen LogP contribution in [0.2, 0.25) is 0 Å². The fourth-order valence-electron chi connectivity index (χ4n) is 3.02. The maximum absolute atomic E-state index is 13.2. The Hall–Kier alpha value is -4.33. The number of primary amides is 1. The Morgan fingerprint density at radius 1 is 1.00 bits per heavy atom. The Morgan fingerprint density at radius 2 is 1.77 bits per heavy atom. The maximum Gasteiger partial charge on any atom is 0.258 e. The first-order chi connectivity index (χ1) is 14.5. The van der Waals surface area contributed by atoms with E-state index < -0.39 is 17.6 Å². The summed E-state index contributed by atoms with van der Waals surface area (Å²) in [6.45, 7) is 0. The lowest BCUT2D eigenvalue weighted by molar-refractivity contribution is 0.0998. The molecule has 0 fully saturated rings. The third-order valence-corrected chi connectivity index (χ3v) is 4.42. The largest absolute Gasteiger partial charge is 0.366 e. The monoisotopic (exact) mass is 402 g/mol. The summed E-state index contributed by atoms with van der Waals surface area (Å²) >= 11 is 0. The van der Waals surface area contributed by atoms with Gasteiger partial charge in [-0.2, -0.15) is 0 Å². The molecule has 0 bridgehead atoms. The van der Waals surface area contributed by atoms with Crippen LogP contribution in [-0.4, -0.2) is 22.0 Å². The quantitative estimate of drug-likeness (QED) is 0.526. The van der Waals surface area contributed by atoms with Gasteiger partial charge >= 0.3 is 0 Å². The van der Waals surface area contributed by atoms with Crippen molar-refractivity contribution in [1.82, 2.24) is 10.1 Å². The molecule has 2 aromatic heterocycles. The van der Waals surface area contributed by atoms with Crippen LogP contribution in [0.25, 0.3) is 22.4 Å². The second kappa shape index (κ2) is 7.96. The molecule has 2 heterocycles. The first kappa shape index (κ1) is 19.0. The Kier molecular flexibility index (Phi) is 5.04. The number of rotatable bonds is 5. The van der Waals surface area contributed by atoms with Gasteiger partial charge in [-0.1, -0.05) is 23.4 Å². The highest BCUT2D eigenvalue weighted by Gasteiger charge is 2.24. The first-order valence-electron chi connectivity index (χ1n) is 8.91. The number of hydrogen-bond donors (Lipinski definition) is 2. The molecule has 4 aromatic rings. The van der Waals surface area contributed by atoms with Crippen molar-refractivity contribution in [2.45, 2.75) is 0 Å². The Balaban J connectivity index is 1.84. The van der Waals surface area contributed by atoms with E-state index in [4.69, 9.17) is 10.3 Å². The van der Waals surface area contributed by atoms with Crippen LogP contribution in [0.3, 0.4) is 0 Å². The first-order valence-corrected chi connectivity index (χ1v) is 8.91. The van der Waals surface area contributed by atoms with Crippen LogP contribution in [0, 0.1) is 5.82 Å². The fraction of sp³-hybridized carbons (Fsp3) is 0. The molecular formula is C22H15FN4O3. The van der Waals surface area contributed by atoms with Crippen LogP contribution in [0.1, 0.15) is 20.7 Å². The van der Waals surface area contributed by atoms with E-state index in [2.05, 4.69) is 15.5 Å². The van der Waals surface area contributed by atoms with E-state index in [0.717, 1.165) is 0 Å². The number of carbonyl (C=O) groups is 2. The van der Waals surface area contributed by atoms with Gasteiger partial charge in [0.1, 0.15) is 11.5 Å². The molecule has 3 N–H and O–H groups in total. The highest BCUT2D eigenvalue weighted by Crippen LogP contribution is 2.39. The lowest BCUT2D eigenvalue weighted by Gasteiger charge is -2.09. The molecule has 7 nitrogen and oxygen atoms in total. The van der Waals surface area contributed by atoms with Crippen molar-refractivity contribution in [2.75, 3.05) is 5.32 Å². The molecule has 0 spiro atoms. The number of nitrogens with two attached hydrogens (primary N) is 1. The molecule has 0 saturated heterocycles. The minimum absolute atomic E-state index is 0.0249. The van der Waals surface area contributed by atoms with E-state index in [9.17, 15) is 14.0 Å². The van der Waals surface area contributed by atoms with Crippen LogP contribution in [0.5, 0.6) is 0 Å². The highest BCUT2D eigenvalue weighted by atomic mass is 19.1. The highest BCUT2D eigenvalue weighted by molar-refractivity contribution is 6.08. The Labute approximate surface area is 170 Å². The van der Waals surface area contributed by atoms with E-state index in [-0.39, 0.29) is 17.0 Å². The standard InChI is InChI=1S/C22H15FN4O3/c23-15-9-7-13(8-10-15)21(29)26-22-18(16-5-1-2-6-17(16)20(24)28)19(27-30-22)14-4-3-11-25-12-14/h1-12H,(H2,24,28)(H,26,29). The predicted octanol–water partition coefficient (Wildman–Crippen LogP) is 3.89. The number of pyridine rings is 1. The van der Waals surface area contributed by atoms with Crippen LogP contribution in [-0.2, 0) is 0 Å². The molecule has 2 amide bonds. The summed E-state index contributed by atoms with van der Waals surface area (Å²) in [7, 11) is 0. The van der Waals surface area contributed by atoms with E-state index in [1.807, 2.05) is 0 Å². The number of anilines is 1.